The van der Waals surface area contributed by atoms with Crippen molar-refractivity contribution in [2.75, 3.05) is 36.0 Å². The second-order valence-corrected chi connectivity index (χ2v) is 8.69. The van der Waals surface area contributed by atoms with Gasteiger partial charge >= 0.3 is 0 Å². The van der Waals surface area contributed by atoms with Gasteiger partial charge in [-0.3, -0.25) is 4.79 Å². The van der Waals surface area contributed by atoms with Crippen LogP contribution in [0, 0.1) is 0 Å². The molecule has 2 aromatic rings. The minimum atomic E-state index is 0.131. The first-order chi connectivity index (χ1) is 16.5. The highest BCUT2D eigenvalue weighted by Gasteiger charge is 2.24. The minimum absolute atomic E-state index is 0.131. The molecule has 0 saturated heterocycles. The molecule has 0 radical (unpaired) electrons. The number of allylic oxidation sites excluding steroid dienone is 2. The van der Waals surface area contributed by atoms with Gasteiger partial charge in [-0.1, -0.05) is 12.1 Å². The predicted octanol–water partition coefficient (Wildman–Crippen LogP) is 5.13. The molecule has 1 fully saturated rings. The third kappa shape index (κ3) is 5.60. The Labute approximate surface area is 205 Å². The molecule has 0 bridgehead atoms. The van der Waals surface area contributed by atoms with Gasteiger partial charge in [0.2, 0.25) is 0 Å². The Morgan fingerprint density at radius 3 is 1.41 bits per heavy atom. The molecule has 0 aliphatic heterocycles. The SMILES string of the molecule is CCN(CC)c1ccc(C=C2CCC(=Cc3ccc(N(CC)CC)cc3CN)C2=O)c(CN)c1. The third-order valence-corrected chi connectivity index (χ3v) is 6.86. The van der Waals surface area contributed by atoms with Crippen LogP contribution in [0.2, 0.25) is 0 Å². The van der Waals surface area contributed by atoms with Crippen molar-refractivity contribution >= 4 is 29.3 Å². The first-order valence-corrected chi connectivity index (χ1v) is 12.6. The zero-order valence-corrected chi connectivity index (χ0v) is 21.2. The molecule has 0 aromatic heterocycles. The maximum Gasteiger partial charge on any atom is 0.185 e. The Morgan fingerprint density at radius 1 is 0.706 bits per heavy atom. The minimum Gasteiger partial charge on any atom is -0.372 e. The Bertz CT molecular complexity index is 978. The number of Topliss-reactive ketones (excluding diaryl/α,β-unsaturated/α-hetero) is 1. The summed E-state index contributed by atoms with van der Waals surface area (Å²) >= 11 is 0. The number of nitrogens with two attached hydrogens (primary N) is 2. The zero-order valence-electron chi connectivity index (χ0n) is 21.2. The molecule has 1 aliphatic rings. The summed E-state index contributed by atoms with van der Waals surface area (Å²) in [6.07, 6.45) is 5.57. The van der Waals surface area contributed by atoms with E-state index < -0.39 is 0 Å². The molecule has 0 unspecified atom stereocenters. The lowest BCUT2D eigenvalue weighted by atomic mass is 10.0. The van der Waals surface area contributed by atoms with E-state index in [2.05, 4.69) is 73.9 Å². The number of benzene rings is 2. The molecule has 4 N–H and O–H groups in total. The Morgan fingerprint density at radius 2 is 1.09 bits per heavy atom. The Hall–Kier alpha value is -2.89. The monoisotopic (exact) mass is 460 g/mol. The quantitative estimate of drug-likeness (QED) is 0.481. The van der Waals surface area contributed by atoms with Crippen LogP contribution in [0.3, 0.4) is 0 Å². The molecule has 2 aromatic carbocycles. The van der Waals surface area contributed by atoms with Crippen molar-refractivity contribution in [2.24, 2.45) is 11.5 Å². The second kappa shape index (κ2) is 12.0. The normalized spacial score (nSPS) is 16.0. The molecule has 0 atom stereocenters. The third-order valence-electron chi connectivity index (χ3n) is 6.86. The van der Waals surface area contributed by atoms with Crippen LogP contribution in [0.1, 0.15) is 62.8 Å². The van der Waals surface area contributed by atoms with E-state index in [9.17, 15) is 4.79 Å². The summed E-state index contributed by atoms with van der Waals surface area (Å²) in [5.41, 5.74) is 20.4. The highest BCUT2D eigenvalue weighted by atomic mass is 16.1. The van der Waals surface area contributed by atoms with E-state index in [-0.39, 0.29) is 5.78 Å². The first-order valence-electron chi connectivity index (χ1n) is 12.6. The summed E-state index contributed by atoms with van der Waals surface area (Å²) in [6.45, 7) is 13.3. The van der Waals surface area contributed by atoms with Crippen molar-refractivity contribution in [1.29, 1.82) is 0 Å². The van der Waals surface area contributed by atoms with E-state index in [4.69, 9.17) is 11.5 Å². The van der Waals surface area contributed by atoms with Gasteiger partial charge in [-0.2, -0.15) is 0 Å². The Kier molecular flexibility index (Phi) is 9.08. The number of hydrogen-bond acceptors (Lipinski definition) is 5. The average molecular weight is 461 g/mol. The number of carbonyl (C=O) groups excluding carboxylic acids is 1. The average Bonchev–Trinajstić information content (AvgIpc) is 3.20. The van der Waals surface area contributed by atoms with Crippen LogP contribution in [-0.4, -0.2) is 32.0 Å². The van der Waals surface area contributed by atoms with Crippen molar-refractivity contribution < 1.29 is 4.79 Å². The van der Waals surface area contributed by atoms with Gasteiger partial charge in [0.1, 0.15) is 0 Å². The van der Waals surface area contributed by atoms with Crippen LogP contribution in [0.15, 0.2) is 47.5 Å². The fourth-order valence-corrected chi connectivity index (χ4v) is 4.74. The molecular weight excluding hydrogens is 420 g/mol. The molecule has 0 spiro atoms. The van der Waals surface area contributed by atoms with E-state index in [0.717, 1.165) is 72.4 Å². The molecule has 5 nitrogen and oxygen atoms in total. The summed E-state index contributed by atoms with van der Waals surface area (Å²) in [6, 6.07) is 12.7. The highest BCUT2D eigenvalue weighted by Crippen LogP contribution is 2.32. The lowest BCUT2D eigenvalue weighted by Crippen LogP contribution is -2.22. The lowest BCUT2D eigenvalue weighted by Gasteiger charge is -2.22. The van der Waals surface area contributed by atoms with Gasteiger partial charge < -0.3 is 21.3 Å². The molecule has 0 heterocycles. The van der Waals surface area contributed by atoms with Crippen LogP contribution in [-0.2, 0) is 17.9 Å². The molecule has 0 amide bonds. The van der Waals surface area contributed by atoms with Crippen molar-refractivity contribution in [3.8, 4) is 0 Å². The van der Waals surface area contributed by atoms with Gasteiger partial charge in [-0.25, -0.2) is 0 Å². The first kappa shape index (κ1) is 25.7. The van der Waals surface area contributed by atoms with Crippen molar-refractivity contribution in [3.63, 3.8) is 0 Å². The predicted molar refractivity (Wildman–Crippen MR) is 146 cm³/mol. The number of carbonyl (C=O) groups is 1. The summed E-state index contributed by atoms with van der Waals surface area (Å²) in [5.74, 6) is 0.131. The number of hydrogen-bond donors (Lipinski definition) is 2. The summed E-state index contributed by atoms with van der Waals surface area (Å²) in [7, 11) is 0. The van der Waals surface area contributed by atoms with Crippen molar-refractivity contribution in [2.45, 2.75) is 53.6 Å². The van der Waals surface area contributed by atoms with Gasteiger partial charge in [0.15, 0.2) is 5.78 Å². The number of anilines is 2. The van der Waals surface area contributed by atoms with Crippen LogP contribution in [0.25, 0.3) is 12.2 Å². The standard InChI is InChI=1S/C29H40N4O/c1-5-32(6-2)27-13-11-21(25(17-27)19-30)15-23-9-10-24(29(23)34)16-22-12-14-28(18-26(22)20-31)33(7-3)8-4/h11-18H,5-10,19-20,30-31H2,1-4H3. The molecule has 3 rings (SSSR count). The fraction of sp³-hybridized carbons (Fsp3) is 0.414. The fourth-order valence-electron chi connectivity index (χ4n) is 4.74. The topological polar surface area (TPSA) is 75.6 Å². The second-order valence-electron chi connectivity index (χ2n) is 8.69. The summed E-state index contributed by atoms with van der Waals surface area (Å²) < 4.78 is 0. The molecular formula is C29H40N4O. The van der Waals surface area contributed by atoms with Crippen LogP contribution in [0.5, 0.6) is 0 Å². The van der Waals surface area contributed by atoms with Gasteiger partial charge in [-0.05, 0) is 99.2 Å². The Balaban J connectivity index is 1.87. The van der Waals surface area contributed by atoms with Gasteiger partial charge in [-0.15, -0.1) is 0 Å². The van der Waals surface area contributed by atoms with Crippen LogP contribution >= 0.6 is 0 Å². The van der Waals surface area contributed by atoms with Crippen molar-refractivity contribution in [3.05, 3.63) is 69.8 Å². The van der Waals surface area contributed by atoms with E-state index in [1.54, 1.807) is 0 Å². The van der Waals surface area contributed by atoms with E-state index >= 15 is 0 Å². The molecule has 5 heteroatoms. The summed E-state index contributed by atoms with van der Waals surface area (Å²) in [4.78, 5) is 17.8. The van der Waals surface area contributed by atoms with Gasteiger partial charge in [0, 0.05) is 61.8 Å². The smallest absolute Gasteiger partial charge is 0.185 e. The highest BCUT2D eigenvalue weighted by molar-refractivity contribution is 6.15. The van der Waals surface area contributed by atoms with E-state index in [0.29, 0.717) is 13.1 Å². The molecule has 182 valence electrons. The van der Waals surface area contributed by atoms with Crippen LogP contribution in [0.4, 0.5) is 11.4 Å². The number of ketones is 1. The summed E-state index contributed by atoms with van der Waals surface area (Å²) in [5, 5.41) is 0. The maximum atomic E-state index is 13.2. The lowest BCUT2D eigenvalue weighted by molar-refractivity contribution is -0.111. The van der Waals surface area contributed by atoms with E-state index in [1.165, 1.54) is 11.4 Å². The zero-order chi connectivity index (χ0) is 24.7. The molecule has 1 aliphatic carbocycles. The van der Waals surface area contributed by atoms with Gasteiger partial charge in [0.05, 0.1) is 0 Å². The van der Waals surface area contributed by atoms with E-state index in [1.807, 2.05) is 12.2 Å². The maximum absolute atomic E-state index is 13.2. The van der Waals surface area contributed by atoms with Crippen molar-refractivity contribution in [1.82, 2.24) is 0 Å². The number of nitrogens with zero attached hydrogens (tertiary/aromatic N) is 2. The molecule has 1 saturated carbocycles. The van der Waals surface area contributed by atoms with Crippen LogP contribution < -0.4 is 21.3 Å². The molecule has 34 heavy (non-hydrogen) atoms. The largest absolute Gasteiger partial charge is 0.372 e. The van der Waals surface area contributed by atoms with Gasteiger partial charge in [0.25, 0.3) is 0 Å². The number of rotatable bonds is 10.